The molecule has 1 aromatic carbocycles. The first-order chi connectivity index (χ1) is 19.9. The lowest BCUT2D eigenvalue weighted by atomic mass is 9.85. The molecule has 1 aliphatic rings. The van der Waals surface area contributed by atoms with Crippen molar-refractivity contribution in [1.29, 1.82) is 0 Å². The molecular weight excluding hydrogens is 554 g/mol. The van der Waals surface area contributed by atoms with Crippen LogP contribution in [0.4, 0.5) is 4.79 Å². The molecule has 0 radical (unpaired) electrons. The fourth-order valence-electron chi connectivity index (χ4n) is 4.89. The molecule has 0 saturated carbocycles. The monoisotopic (exact) mass is 599 g/mol. The van der Waals surface area contributed by atoms with Crippen molar-refractivity contribution in [1.82, 2.24) is 20.5 Å². The molecule has 2 heterocycles. The van der Waals surface area contributed by atoms with Gasteiger partial charge in [0.15, 0.2) is 0 Å². The molecule has 0 unspecified atom stereocenters. The van der Waals surface area contributed by atoms with Crippen LogP contribution >= 0.6 is 0 Å². The molecule has 4 N–H and O–H groups in total. The Morgan fingerprint density at radius 1 is 1.05 bits per heavy atom. The second-order valence-corrected chi connectivity index (χ2v) is 13.3. The van der Waals surface area contributed by atoms with Gasteiger partial charge in [-0.1, -0.05) is 34.6 Å². The third-order valence-electron chi connectivity index (χ3n) is 7.09. The number of pyridine rings is 1. The van der Waals surface area contributed by atoms with Gasteiger partial charge in [-0.05, 0) is 61.8 Å². The number of nitrogens with one attached hydrogen (secondary N) is 2. The predicted molar refractivity (Wildman–Crippen MR) is 161 cm³/mol. The minimum Gasteiger partial charge on any atom is -0.497 e. The Bertz CT molecular complexity index is 1350. The second kappa shape index (κ2) is 13.0. The normalized spacial score (nSPS) is 18.6. The van der Waals surface area contributed by atoms with Crippen LogP contribution in [0.3, 0.4) is 0 Å². The molecule has 1 saturated heterocycles. The van der Waals surface area contributed by atoms with Crippen LogP contribution in [0.5, 0.6) is 11.6 Å². The Hall–Kier alpha value is -4.09. The third-order valence-corrected chi connectivity index (χ3v) is 7.09. The van der Waals surface area contributed by atoms with Crippen LogP contribution in [-0.4, -0.2) is 77.2 Å². The Balaban J connectivity index is 1.80. The molecule has 1 aliphatic heterocycles. The molecule has 12 nitrogen and oxygen atoms in total. The van der Waals surface area contributed by atoms with Gasteiger partial charge in [0.05, 0.1) is 13.7 Å². The van der Waals surface area contributed by atoms with Crippen LogP contribution in [0.15, 0.2) is 30.5 Å². The SMILES string of the molecule is COc1ccc2c(O[C@@H]3C[C@@H](C(N)=O)N(C(=O)[C@@H](NC(=O)N[C@H](C(=O)OC(C)(C)C)C(C)C)C(C)(C)C)C3)nccc2c1. The summed E-state index contributed by atoms with van der Waals surface area (Å²) in [5.41, 5.74) is 4.23. The number of carbonyl (C=O) groups excluding carboxylic acids is 4. The van der Waals surface area contributed by atoms with Crippen molar-refractivity contribution >= 4 is 34.6 Å². The molecule has 0 aliphatic carbocycles. The summed E-state index contributed by atoms with van der Waals surface area (Å²) >= 11 is 0. The number of esters is 1. The number of primary amides is 1. The number of hydrogen-bond acceptors (Lipinski definition) is 8. The zero-order valence-corrected chi connectivity index (χ0v) is 26.5. The fraction of sp³-hybridized carbons (Fsp3) is 0.581. The summed E-state index contributed by atoms with van der Waals surface area (Å²) in [5.74, 6) is -0.987. The van der Waals surface area contributed by atoms with Crippen molar-refractivity contribution in [2.45, 2.75) is 91.6 Å². The van der Waals surface area contributed by atoms with Gasteiger partial charge in [-0.2, -0.15) is 0 Å². The van der Waals surface area contributed by atoms with Crippen molar-refractivity contribution in [3.63, 3.8) is 0 Å². The first kappa shape index (κ1) is 33.4. The average Bonchev–Trinajstić information content (AvgIpc) is 3.32. The zero-order valence-electron chi connectivity index (χ0n) is 26.5. The van der Waals surface area contributed by atoms with Crippen molar-refractivity contribution in [3.05, 3.63) is 30.5 Å². The van der Waals surface area contributed by atoms with Gasteiger partial charge in [-0.3, -0.25) is 9.59 Å². The molecular formula is C31H45N5O7. The number of rotatable bonds is 9. The van der Waals surface area contributed by atoms with Crippen molar-refractivity contribution in [3.8, 4) is 11.6 Å². The number of likely N-dealkylation sites (tertiary alicyclic amines) is 1. The highest BCUT2D eigenvalue weighted by Crippen LogP contribution is 2.31. The minimum absolute atomic E-state index is 0.0586. The van der Waals surface area contributed by atoms with Crippen LogP contribution < -0.4 is 25.8 Å². The molecule has 4 atom stereocenters. The van der Waals surface area contributed by atoms with Gasteiger partial charge < -0.3 is 35.5 Å². The number of nitrogens with two attached hydrogens (primary N) is 1. The standard InChI is InChI=1S/C31H45N5O7/c1-17(2)23(28(39)43-31(6,7)8)34-29(40)35-24(30(3,4)5)27(38)36-16-20(15-22(36)25(32)37)42-26-21-11-10-19(41-9)14-18(21)12-13-33-26/h10-14,17,20,22-24H,15-16H2,1-9H3,(H2,32,37)(H2,34,35,40)/t20-,22+,23+,24-/m1/s1. The molecule has 43 heavy (non-hydrogen) atoms. The molecule has 2 aromatic rings. The molecule has 4 amide bonds. The van der Waals surface area contributed by atoms with E-state index < -0.39 is 59.1 Å². The summed E-state index contributed by atoms with van der Waals surface area (Å²) in [6.45, 7) is 14.2. The zero-order chi connectivity index (χ0) is 32.3. The van der Waals surface area contributed by atoms with E-state index in [0.29, 0.717) is 11.6 Å². The van der Waals surface area contributed by atoms with E-state index in [4.69, 9.17) is 19.9 Å². The first-order valence-electron chi connectivity index (χ1n) is 14.4. The summed E-state index contributed by atoms with van der Waals surface area (Å²) in [6, 6.07) is 3.67. The summed E-state index contributed by atoms with van der Waals surface area (Å²) < 4.78 is 17.0. The van der Waals surface area contributed by atoms with Crippen molar-refractivity contribution in [2.75, 3.05) is 13.7 Å². The summed E-state index contributed by atoms with van der Waals surface area (Å²) in [5, 5.41) is 6.99. The molecule has 1 fully saturated rings. The second-order valence-electron chi connectivity index (χ2n) is 13.3. The number of amides is 4. The van der Waals surface area contributed by atoms with Gasteiger partial charge >= 0.3 is 12.0 Å². The highest BCUT2D eigenvalue weighted by molar-refractivity contribution is 5.93. The number of methoxy groups -OCH3 is 1. The average molecular weight is 600 g/mol. The Kier molecular flexibility index (Phi) is 10.1. The summed E-state index contributed by atoms with van der Waals surface area (Å²) in [7, 11) is 1.58. The lowest BCUT2D eigenvalue weighted by molar-refractivity contribution is -0.158. The van der Waals surface area contributed by atoms with Crippen LogP contribution in [0.25, 0.3) is 10.8 Å². The van der Waals surface area contributed by atoms with Gasteiger partial charge in [0.1, 0.15) is 35.6 Å². The van der Waals surface area contributed by atoms with Gasteiger partial charge in [0, 0.05) is 18.0 Å². The molecule has 0 bridgehead atoms. The lowest BCUT2D eigenvalue weighted by Gasteiger charge is -2.35. The molecule has 0 spiro atoms. The smallest absolute Gasteiger partial charge is 0.329 e. The van der Waals surface area contributed by atoms with E-state index in [0.717, 1.165) is 10.8 Å². The number of ether oxygens (including phenoxy) is 3. The van der Waals surface area contributed by atoms with Gasteiger partial charge in [-0.25, -0.2) is 14.6 Å². The maximum absolute atomic E-state index is 14.0. The van der Waals surface area contributed by atoms with Gasteiger partial charge in [-0.15, -0.1) is 0 Å². The quantitative estimate of drug-likeness (QED) is 0.370. The van der Waals surface area contributed by atoms with Crippen molar-refractivity contribution in [2.24, 2.45) is 17.1 Å². The fourth-order valence-corrected chi connectivity index (χ4v) is 4.89. The maximum atomic E-state index is 14.0. The molecule has 1 aromatic heterocycles. The number of nitrogens with zero attached hydrogens (tertiary/aromatic N) is 2. The lowest BCUT2D eigenvalue weighted by Crippen LogP contribution is -2.60. The van der Waals surface area contributed by atoms with E-state index in [1.165, 1.54) is 4.90 Å². The summed E-state index contributed by atoms with van der Waals surface area (Å²) in [4.78, 5) is 58.1. The molecule has 12 heteroatoms. The third kappa shape index (κ3) is 8.48. The maximum Gasteiger partial charge on any atom is 0.329 e. The topological polar surface area (TPSA) is 162 Å². The van der Waals surface area contributed by atoms with Crippen LogP contribution in [-0.2, 0) is 19.1 Å². The van der Waals surface area contributed by atoms with E-state index >= 15 is 0 Å². The van der Waals surface area contributed by atoms with E-state index in [9.17, 15) is 19.2 Å². The number of fused-ring (bicyclic) bond motifs is 1. The van der Waals surface area contributed by atoms with E-state index in [-0.39, 0.29) is 18.9 Å². The number of carbonyl (C=O) groups is 4. The largest absolute Gasteiger partial charge is 0.497 e. The molecule has 3 rings (SSSR count). The van der Waals surface area contributed by atoms with Crippen LogP contribution in [0.2, 0.25) is 0 Å². The van der Waals surface area contributed by atoms with Gasteiger partial charge in [0.2, 0.25) is 17.7 Å². The number of urea groups is 1. The van der Waals surface area contributed by atoms with Crippen LogP contribution in [0.1, 0.15) is 61.8 Å². The van der Waals surface area contributed by atoms with Gasteiger partial charge in [0.25, 0.3) is 0 Å². The van der Waals surface area contributed by atoms with Crippen LogP contribution in [0, 0.1) is 11.3 Å². The number of hydrogen-bond donors (Lipinski definition) is 3. The molecule has 236 valence electrons. The summed E-state index contributed by atoms with van der Waals surface area (Å²) in [6.07, 6.45) is 1.20. The highest BCUT2D eigenvalue weighted by Gasteiger charge is 2.45. The van der Waals surface area contributed by atoms with E-state index in [2.05, 4.69) is 15.6 Å². The minimum atomic E-state index is -1.05. The van der Waals surface area contributed by atoms with E-state index in [1.807, 2.05) is 18.2 Å². The number of aromatic nitrogens is 1. The first-order valence-corrected chi connectivity index (χ1v) is 14.4. The Labute approximate surface area is 253 Å². The number of benzene rings is 1. The van der Waals surface area contributed by atoms with Crippen molar-refractivity contribution < 1.29 is 33.4 Å². The Morgan fingerprint density at radius 3 is 2.28 bits per heavy atom. The predicted octanol–water partition coefficient (Wildman–Crippen LogP) is 3.16. The van der Waals surface area contributed by atoms with E-state index in [1.54, 1.807) is 74.8 Å². The highest BCUT2D eigenvalue weighted by atomic mass is 16.6. The Morgan fingerprint density at radius 2 is 1.72 bits per heavy atom.